The van der Waals surface area contributed by atoms with Crippen molar-refractivity contribution in [2.45, 2.75) is 19.9 Å². The molecule has 1 aliphatic heterocycles. The van der Waals surface area contributed by atoms with Crippen LogP contribution in [-0.2, 0) is 4.79 Å². The number of Topliss-reactive ketones (excluding diaryl/α,β-unsaturated/α-hetero) is 1. The van der Waals surface area contributed by atoms with Crippen LogP contribution in [0.1, 0.15) is 35.8 Å². The van der Waals surface area contributed by atoms with Gasteiger partial charge >= 0.3 is 6.03 Å². The molecule has 0 aromatic heterocycles. The van der Waals surface area contributed by atoms with Gasteiger partial charge in [0.15, 0.2) is 5.78 Å². The average molecular weight is 409 g/mol. The van der Waals surface area contributed by atoms with E-state index in [1.165, 1.54) is 6.92 Å². The molecule has 30 heavy (non-hydrogen) atoms. The van der Waals surface area contributed by atoms with Gasteiger partial charge in [0, 0.05) is 44.0 Å². The summed E-state index contributed by atoms with van der Waals surface area (Å²) < 4.78 is 0. The Morgan fingerprint density at radius 2 is 1.67 bits per heavy atom. The molecule has 1 aliphatic rings. The zero-order valence-corrected chi connectivity index (χ0v) is 17.4. The van der Waals surface area contributed by atoms with Crippen molar-refractivity contribution >= 4 is 23.4 Å². The molecule has 1 heterocycles. The molecule has 158 valence electrons. The Morgan fingerprint density at radius 3 is 2.30 bits per heavy atom. The molecule has 1 saturated heterocycles. The monoisotopic (exact) mass is 408 g/mol. The number of amides is 3. The fraction of sp³-hybridized carbons (Fsp3) is 0.348. The van der Waals surface area contributed by atoms with E-state index in [-0.39, 0.29) is 17.7 Å². The second-order valence-corrected chi connectivity index (χ2v) is 7.30. The Balaban J connectivity index is 1.77. The number of piperazine rings is 1. The summed E-state index contributed by atoms with van der Waals surface area (Å²) in [4.78, 5) is 40.9. The van der Waals surface area contributed by atoms with Crippen LogP contribution in [0.25, 0.3) is 0 Å². The molecular weight excluding hydrogens is 380 g/mol. The van der Waals surface area contributed by atoms with Gasteiger partial charge in [0.25, 0.3) is 0 Å². The zero-order valence-electron chi connectivity index (χ0n) is 17.4. The lowest BCUT2D eigenvalue weighted by Crippen LogP contribution is -2.53. The third-order valence-corrected chi connectivity index (χ3v) is 5.19. The van der Waals surface area contributed by atoms with Crippen LogP contribution in [-0.4, -0.2) is 60.2 Å². The molecule has 1 unspecified atom stereocenters. The van der Waals surface area contributed by atoms with Crippen molar-refractivity contribution in [1.82, 2.24) is 15.1 Å². The van der Waals surface area contributed by atoms with Crippen LogP contribution in [0.3, 0.4) is 0 Å². The van der Waals surface area contributed by atoms with E-state index in [4.69, 9.17) is 0 Å². The van der Waals surface area contributed by atoms with E-state index in [1.807, 2.05) is 37.3 Å². The number of nitrogens with one attached hydrogen (secondary N) is 2. The van der Waals surface area contributed by atoms with Crippen molar-refractivity contribution in [1.29, 1.82) is 0 Å². The fourth-order valence-corrected chi connectivity index (χ4v) is 3.64. The number of anilines is 1. The minimum Gasteiger partial charge on any atom is -0.338 e. The number of ketones is 1. The van der Waals surface area contributed by atoms with E-state index in [0.29, 0.717) is 44.0 Å². The quantitative estimate of drug-likeness (QED) is 0.720. The number of benzene rings is 2. The first kappa shape index (κ1) is 21.5. The molecule has 0 radical (unpaired) electrons. The number of carbonyl (C=O) groups excluding carboxylic acids is 3. The molecule has 7 nitrogen and oxygen atoms in total. The predicted octanol–water partition coefficient (Wildman–Crippen LogP) is 2.92. The smallest absolute Gasteiger partial charge is 0.317 e. The lowest BCUT2D eigenvalue weighted by atomic mass is 10.0. The molecule has 0 saturated carbocycles. The summed E-state index contributed by atoms with van der Waals surface area (Å²) in [6, 6.07) is 16.0. The van der Waals surface area contributed by atoms with Crippen LogP contribution < -0.4 is 10.6 Å². The van der Waals surface area contributed by atoms with Crippen LogP contribution in [0.2, 0.25) is 0 Å². The summed E-state index contributed by atoms with van der Waals surface area (Å²) in [6.45, 7) is 6.29. The van der Waals surface area contributed by atoms with Gasteiger partial charge in [-0.05, 0) is 31.5 Å². The van der Waals surface area contributed by atoms with Crippen molar-refractivity contribution in [2.75, 3.05) is 38.0 Å². The maximum atomic E-state index is 13.3. The second-order valence-electron chi connectivity index (χ2n) is 7.30. The Labute approximate surface area is 177 Å². The van der Waals surface area contributed by atoms with Gasteiger partial charge in [0.2, 0.25) is 5.91 Å². The SMILES string of the molecule is CCNC(=O)N1CCN(C(C(=O)Nc2cccc(C(C)=O)c2)c2ccccc2)CC1. The largest absolute Gasteiger partial charge is 0.338 e. The maximum absolute atomic E-state index is 13.3. The summed E-state index contributed by atoms with van der Waals surface area (Å²) in [7, 11) is 0. The standard InChI is InChI=1S/C23H28N4O3/c1-3-24-23(30)27-14-12-26(13-15-27)21(18-8-5-4-6-9-18)22(29)25-20-11-7-10-19(16-20)17(2)28/h4-11,16,21H,3,12-15H2,1-2H3,(H,24,30)(H,25,29). The van der Waals surface area contributed by atoms with Crippen molar-refractivity contribution in [3.05, 3.63) is 65.7 Å². The van der Waals surface area contributed by atoms with Gasteiger partial charge in [-0.2, -0.15) is 0 Å². The molecular formula is C23H28N4O3. The normalized spacial score (nSPS) is 15.3. The minimum atomic E-state index is -0.483. The van der Waals surface area contributed by atoms with Crippen LogP contribution in [0, 0.1) is 0 Å². The molecule has 1 fully saturated rings. The highest BCUT2D eigenvalue weighted by atomic mass is 16.2. The number of carbonyl (C=O) groups is 3. The molecule has 3 rings (SSSR count). The van der Waals surface area contributed by atoms with E-state index in [0.717, 1.165) is 5.56 Å². The Morgan fingerprint density at radius 1 is 0.967 bits per heavy atom. The molecule has 0 spiro atoms. The molecule has 0 bridgehead atoms. The molecule has 1 atom stereocenters. The maximum Gasteiger partial charge on any atom is 0.317 e. The second kappa shape index (κ2) is 10.0. The van der Waals surface area contributed by atoms with Gasteiger partial charge < -0.3 is 15.5 Å². The summed E-state index contributed by atoms with van der Waals surface area (Å²) in [6.07, 6.45) is 0. The zero-order chi connectivity index (χ0) is 21.5. The highest BCUT2D eigenvalue weighted by Gasteiger charge is 2.31. The van der Waals surface area contributed by atoms with E-state index in [9.17, 15) is 14.4 Å². The van der Waals surface area contributed by atoms with Crippen molar-refractivity contribution in [3.8, 4) is 0 Å². The van der Waals surface area contributed by atoms with Gasteiger partial charge in [0.1, 0.15) is 6.04 Å². The van der Waals surface area contributed by atoms with Gasteiger partial charge in [-0.3, -0.25) is 14.5 Å². The Hall–Kier alpha value is -3.19. The molecule has 3 amide bonds. The number of hydrogen-bond donors (Lipinski definition) is 2. The molecule has 7 heteroatoms. The number of rotatable bonds is 6. The number of hydrogen-bond acceptors (Lipinski definition) is 4. The van der Waals surface area contributed by atoms with Crippen LogP contribution in [0.5, 0.6) is 0 Å². The molecule has 2 aromatic carbocycles. The Bertz CT molecular complexity index is 892. The third kappa shape index (κ3) is 5.24. The topological polar surface area (TPSA) is 81.8 Å². The summed E-state index contributed by atoms with van der Waals surface area (Å²) >= 11 is 0. The molecule has 2 aromatic rings. The summed E-state index contributed by atoms with van der Waals surface area (Å²) in [5.74, 6) is -0.208. The fourth-order valence-electron chi connectivity index (χ4n) is 3.64. The van der Waals surface area contributed by atoms with Gasteiger partial charge in [-0.1, -0.05) is 42.5 Å². The highest BCUT2D eigenvalue weighted by Crippen LogP contribution is 2.24. The van der Waals surface area contributed by atoms with E-state index >= 15 is 0 Å². The van der Waals surface area contributed by atoms with E-state index in [2.05, 4.69) is 15.5 Å². The third-order valence-electron chi connectivity index (χ3n) is 5.19. The van der Waals surface area contributed by atoms with Crippen LogP contribution in [0.15, 0.2) is 54.6 Å². The lowest BCUT2D eigenvalue weighted by molar-refractivity contribution is -0.122. The molecule has 0 aliphatic carbocycles. The first-order valence-electron chi connectivity index (χ1n) is 10.2. The summed E-state index contributed by atoms with van der Waals surface area (Å²) in [5.41, 5.74) is 2.04. The lowest BCUT2D eigenvalue weighted by Gasteiger charge is -2.38. The highest BCUT2D eigenvalue weighted by molar-refractivity contribution is 5.98. The van der Waals surface area contributed by atoms with Crippen molar-refractivity contribution in [3.63, 3.8) is 0 Å². The van der Waals surface area contributed by atoms with Gasteiger partial charge in [-0.15, -0.1) is 0 Å². The average Bonchev–Trinajstić information content (AvgIpc) is 2.75. The Kier molecular flexibility index (Phi) is 7.19. The minimum absolute atomic E-state index is 0.0489. The molecule has 2 N–H and O–H groups in total. The number of nitrogens with zero attached hydrogens (tertiary/aromatic N) is 2. The first-order valence-corrected chi connectivity index (χ1v) is 10.2. The van der Waals surface area contributed by atoms with Crippen LogP contribution in [0.4, 0.5) is 10.5 Å². The summed E-state index contributed by atoms with van der Waals surface area (Å²) in [5, 5.41) is 5.78. The van der Waals surface area contributed by atoms with Crippen molar-refractivity contribution in [2.24, 2.45) is 0 Å². The first-order chi connectivity index (χ1) is 14.5. The van der Waals surface area contributed by atoms with Crippen molar-refractivity contribution < 1.29 is 14.4 Å². The van der Waals surface area contributed by atoms with E-state index in [1.54, 1.807) is 29.2 Å². The van der Waals surface area contributed by atoms with E-state index < -0.39 is 6.04 Å². The van der Waals surface area contributed by atoms with Gasteiger partial charge in [-0.25, -0.2) is 4.79 Å². The number of urea groups is 1. The van der Waals surface area contributed by atoms with Crippen LogP contribution >= 0.6 is 0 Å². The van der Waals surface area contributed by atoms with Gasteiger partial charge in [0.05, 0.1) is 0 Å². The predicted molar refractivity (Wildman–Crippen MR) is 116 cm³/mol.